The maximum Gasteiger partial charge on any atom is 0.315 e. The number of aromatic nitrogens is 2. The van der Waals surface area contributed by atoms with E-state index >= 15 is 0 Å². The molecule has 7 nitrogen and oxygen atoms in total. The van der Waals surface area contributed by atoms with Crippen LogP contribution in [-0.4, -0.2) is 34.3 Å². The Balaban J connectivity index is 1.78. The number of aliphatic carboxylic acids is 1. The highest BCUT2D eigenvalue weighted by Crippen LogP contribution is 2.59. The van der Waals surface area contributed by atoms with Gasteiger partial charge in [-0.3, -0.25) is 14.2 Å². The van der Waals surface area contributed by atoms with Crippen LogP contribution in [0.1, 0.15) is 55.4 Å². The van der Waals surface area contributed by atoms with Gasteiger partial charge in [0.05, 0.1) is 25.5 Å². The van der Waals surface area contributed by atoms with Crippen molar-refractivity contribution in [2.24, 2.45) is 5.41 Å². The molecule has 0 amide bonds. The van der Waals surface area contributed by atoms with Crippen molar-refractivity contribution in [3.63, 3.8) is 0 Å². The van der Waals surface area contributed by atoms with E-state index in [4.69, 9.17) is 14.5 Å². The van der Waals surface area contributed by atoms with E-state index < -0.39 is 11.4 Å². The predicted molar refractivity (Wildman–Crippen MR) is 118 cm³/mol. The van der Waals surface area contributed by atoms with Crippen LogP contribution in [0.3, 0.4) is 0 Å². The van der Waals surface area contributed by atoms with Gasteiger partial charge in [0.15, 0.2) is 11.5 Å². The molecule has 31 heavy (non-hydrogen) atoms. The molecule has 1 aliphatic carbocycles. The van der Waals surface area contributed by atoms with Crippen LogP contribution in [0.5, 0.6) is 11.5 Å². The Morgan fingerprint density at radius 1 is 1.35 bits per heavy atom. The summed E-state index contributed by atoms with van der Waals surface area (Å²) >= 11 is 0. The number of methoxy groups -OCH3 is 1. The maximum absolute atomic E-state index is 13.3. The number of fused-ring (bicyclic) bond motifs is 3. The van der Waals surface area contributed by atoms with Crippen molar-refractivity contribution in [1.29, 1.82) is 0 Å². The van der Waals surface area contributed by atoms with Gasteiger partial charge in [-0.05, 0) is 44.1 Å². The Morgan fingerprint density at radius 2 is 2.16 bits per heavy atom. The Bertz CT molecular complexity index is 1150. The fourth-order valence-electron chi connectivity index (χ4n) is 4.25. The van der Waals surface area contributed by atoms with Crippen LogP contribution >= 0.6 is 0 Å². The van der Waals surface area contributed by atoms with Crippen LogP contribution in [0.15, 0.2) is 29.1 Å². The van der Waals surface area contributed by atoms with Gasteiger partial charge in [0.1, 0.15) is 11.2 Å². The Kier molecular flexibility index (Phi) is 5.43. The lowest BCUT2D eigenvalue weighted by atomic mass is 10.0. The number of para-hydroxylation sites is 1. The molecule has 2 heterocycles. The molecule has 0 bridgehead atoms. The minimum absolute atomic E-state index is 0.154. The highest BCUT2D eigenvalue weighted by molar-refractivity contribution is 5.84. The second-order valence-corrected chi connectivity index (χ2v) is 7.80. The first-order valence-corrected chi connectivity index (χ1v) is 10.5. The Morgan fingerprint density at radius 3 is 2.84 bits per heavy atom. The average molecular weight is 422 g/mol. The fourth-order valence-corrected chi connectivity index (χ4v) is 4.25. The minimum atomic E-state index is -0.966. The van der Waals surface area contributed by atoms with E-state index in [1.165, 1.54) is 0 Å². The smallest absolute Gasteiger partial charge is 0.315 e. The first kappa shape index (κ1) is 20.9. The van der Waals surface area contributed by atoms with E-state index in [9.17, 15) is 14.7 Å². The van der Waals surface area contributed by atoms with Gasteiger partial charge in [-0.1, -0.05) is 31.6 Å². The Hall–Kier alpha value is -3.35. The average Bonchev–Trinajstić information content (AvgIpc) is 3.51. The zero-order valence-electron chi connectivity index (χ0n) is 17.9. The van der Waals surface area contributed by atoms with Gasteiger partial charge in [0.25, 0.3) is 5.56 Å². The van der Waals surface area contributed by atoms with Gasteiger partial charge in [-0.2, -0.15) is 0 Å². The number of ether oxygens (including phenoxy) is 2. The maximum atomic E-state index is 13.3. The van der Waals surface area contributed by atoms with Crippen molar-refractivity contribution in [3.05, 3.63) is 57.3 Å². The molecule has 2 aromatic rings. The van der Waals surface area contributed by atoms with Crippen LogP contribution in [-0.2, 0) is 11.2 Å². The van der Waals surface area contributed by atoms with Gasteiger partial charge in [-0.15, -0.1) is 0 Å². The quantitative estimate of drug-likeness (QED) is 0.696. The summed E-state index contributed by atoms with van der Waals surface area (Å²) in [5.74, 6) is 0.880. The summed E-state index contributed by atoms with van der Waals surface area (Å²) < 4.78 is 12.7. The highest BCUT2D eigenvalue weighted by atomic mass is 16.5. The lowest BCUT2D eigenvalue weighted by Gasteiger charge is -2.19. The predicted octanol–water partition coefficient (Wildman–Crippen LogP) is 3.82. The normalized spacial score (nSPS) is 20.9. The van der Waals surface area contributed by atoms with Crippen molar-refractivity contribution < 1.29 is 19.4 Å². The van der Waals surface area contributed by atoms with Crippen molar-refractivity contribution in [3.8, 4) is 11.5 Å². The van der Waals surface area contributed by atoms with Crippen molar-refractivity contribution in [1.82, 2.24) is 9.55 Å². The number of hydrogen-bond donors (Lipinski definition) is 1. The van der Waals surface area contributed by atoms with Crippen LogP contribution in [0.2, 0.25) is 0 Å². The molecular weight excluding hydrogens is 396 g/mol. The highest BCUT2D eigenvalue weighted by Gasteiger charge is 2.62. The summed E-state index contributed by atoms with van der Waals surface area (Å²) in [7, 11) is 1.59. The van der Waals surface area contributed by atoms with Gasteiger partial charge in [-0.25, -0.2) is 4.98 Å². The molecular formula is C24H26N2O5. The number of carboxylic acid groups (broad SMARTS) is 1. The van der Waals surface area contributed by atoms with Crippen LogP contribution in [0.25, 0.3) is 18.2 Å². The molecule has 2 aliphatic rings. The van der Waals surface area contributed by atoms with Crippen LogP contribution in [0, 0.1) is 5.41 Å². The molecule has 4 rings (SSSR count). The molecule has 1 saturated carbocycles. The van der Waals surface area contributed by atoms with E-state index in [0.29, 0.717) is 48.0 Å². The number of hydrogen-bond acceptors (Lipinski definition) is 5. The second-order valence-electron chi connectivity index (χ2n) is 7.80. The molecule has 2 unspecified atom stereocenters. The lowest BCUT2D eigenvalue weighted by Crippen LogP contribution is -2.32. The molecule has 1 aliphatic heterocycles. The molecule has 162 valence electrons. The minimum Gasteiger partial charge on any atom is -0.492 e. The van der Waals surface area contributed by atoms with Gasteiger partial charge in [0, 0.05) is 11.1 Å². The van der Waals surface area contributed by atoms with Gasteiger partial charge >= 0.3 is 5.97 Å². The number of rotatable bonds is 8. The van der Waals surface area contributed by atoms with Crippen molar-refractivity contribution >= 4 is 24.2 Å². The van der Waals surface area contributed by atoms with Crippen molar-refractivity contribution in [2.75, 3.05) is 13.7 Å². The van der Waals surface area contributed by atoms with Crippen LogP contribution < -0.4 is 15.0 Å². The van der Waals surface area contributed by atoms with Gasteiger partial charge in [0.2, 0.25) is 0 Å². The zero-order valence-corrected chi connectivity index (χ0v) is 17.9. The van der Waals surface area contributed by atoms with Gasteiger partial charge < -0.3 is 14.6 Å². The molecule has 1 N–H and O–H groups in total. The number of carbonyl (C=O) groups is 1. The lowest BCUT2D eigenvalue weighted by molar-refractivity contribution is -0.141. The van der Waals surface area contributed by atoms with E-state index in [2.05, 4.69) is 0 Å². The van der Waals surface area contributed by atoms with E-state index in [1.54, 1.807) is 23.8 Å². The summed E-state index contributed by atoms with van der Waals surface area (Å²) in [6.07, 6.45) is 8.79. The molecule has 0 radical (unpaired) electrons. The number of benzene rings is 1. The molecule has 1 fully saturated rings. The molecule has 1 aromatic carbocycles. The third-order valence-corrected chi connectivity index (χ3v) is 5.91. The molecule has 7 heteroatoms. The molecule has 1 aromatic heterocycles. The summed E-state index contributed by atoms with van der Waals surface area (Å²) in [5.41, 5.74) is 0.892. The zero-order chi connectivity index (χ0) is 22.2. The van der Waals surface area contributed by atoms with E-state index in [-0.39, 0.29) is 11.6 Å². The van der Waals surface area contributed by atoms with E-state index in [1.807, 2.05) is 44.2 Å². The second kappa shape index (κ2) is 8.06. The number of nitrogens with zero attached hydrogens (tertiary/aromatic N) is 2. The number of carboxylic acids is 1. The molecule has 0 saturated heterocycles. The third-order valence-electron chi connectivity index (χ3n) is 5.91. The topological polar surface area (TPSA) is 90.7 Å². The third kappa shape index (κ3) is 3.44. The SMILES string of the molecule is CCCc1c(/C=C/c2cccc(OCC)c2OC)nc2n(c1=O)C1CC1(C(=O)O)C=C2. The Labute approximate surface area is 180 Å². The van der Waals surface area contributed by atoms with Crippen LogP contribution in [0.4, 0.5) is 0 Å². The largest absolute Gasteiger partial charge is 0.492 e. The summed E-state index contributed by atoms with van der Waals surface area (Å²) in [6.45, 7) is 4.44. The molecule has 0 spiro atoms. The van der Waals surface area contributed by atoms with Crippen molar-refractivity contribution in [2.45, 2.75) is 39.2 Å². The standard InChI is InChI=1S/C24H26N2O5/c1-4-7-16-17(11-10-15-8-6-9-18(31-5-2)21(15)30-3)25-20-12-13-24(23(28)29)14-19(24)26(20)22(16)27/h6,8-13,19H,4-5,7,14H2,1-3H3,(H,28,29)/b11-10+. The fraction of sp³-hybridized carbons (Fsp3) is 0.375. The summed E-state index contributed by atoms with van der Waals surface area (Å²) in [5, 5.41) is 9.58. The summed E-state index contributed by atoms with van der Waals surface area (Å²) in [6, 6.07) is 5.28. The first-order valence-electron chi connectivity index (χ1n) is 10.5. The first-order chi connectivity index (χ1) is 15.0. The van der Waals surface area contributed by atoms with E-state index in [0.717, 1.165) is 12.0 Å². The summed E-state index contributed by atoms with van der Waals surface area (Å²) in [4.78, 5) is 29.7. The monoisotopic (exact) mass is 422 g/mol. The molecule has 2 atom stereocenters.